The van der Waals surface area contributed by atoms with Gasteiger partial charge in [0.15, 0.2) is 17.0 Å². The molecule has 0 saturated carbocycles. The molecule has 3 aromatic rings. The number of aliphatic hydroxyl groups is 2. The highest BCUT2D eigenvalue weighted by atomic mass is 35.5. The summed E-state index contributed by atoms with van der Waals surface area (Å²) in [6, 6.07) is 8.75. The highest BCUT2D eigenvalue weighted by Gasteiger charge is 2.36. The van der Waals surface area contributed by atoms with E-state index in [9.17, 15) is 10.2 Å². The van der Waals surface area contributed by atoms with Crippen molar-refractivity contribution < 1.29 is 10.2 Å². The van der Waals surface area contributed by atoms with Gasteiger partial charge in [0.1, 0.15) is 11.5 Å². The zero-order chi connectivity index (χ0) is 19.3. The van der Waals surface area contributed by atoms with Gasteiger partial charge in [0.2, 0.25) is 5.28 Å². The predicted molar refractivity (Wildman–Crippen MR) is 110 cm³/mol. The van der Waals surface area contributed by atoms with E-state index in [-0.39, 0.29) is 16.7 Å². The Bertz CT molecular complexity index is 1030. The summed E-state index contributed by atoms with van der Waals surface area (Å²) in [5.41, 5.74) is 3.94. The number of rotatable bonds is 3. The first-order chi connectivity index (χ1) is 13.6. The van der Waals surface area contributed by atoms with Crippen LogP contribution in [0.3, 0.4) is 0 Å². The Balaban J connectivity index is 1.46. The molecule has 0 radical (unpaired) electrons. The number of thioether (sulfide) groups is 1. The van der Waals surface area contributed by atoms with Crippen molar-refractivity contribution in [1.29, 1.82) is 0 Å². The highest BCUT2D eigenvalue weighted by molar-refractivity contribution is 7.99. The Labute approximate surface area is 171 Å². The number of aliphatic hydroxyl groups excluding tert-OH is 2. The topological polar surface area (TPSA) is 96.1 Å². The van der Waals surface area contributed by atoms with E-state index in [2.05, 4.69) is 44.5 Å². The largest absolute Gasteiger partial charge is 0.389 e. The molecule has 2 aromatic heterocycles. The minimum absolute atomic E-state index is 0.131. The van der Waals surface area contributed by atoms with E-state index in [0.29, 0.717) is 22.7 Å². The van der Waals surface area contributed by atoms with Crippen molar-refractivity contribution >= 4 is 40.3 Å². The Kier molecular flexibility index (Phi) is 4.66. The fourth-order valence-electron chi connectivity index (χ4n) is 4.02. The van der Waals surface area contributed by atoms with Crippen LogP contribution in [0.15, 0.2) is 30.6 Å². The third-order valence-electron chi connectivity index (χ3n) is 5.48. The number of hydrogen-bond acceptors (Lipinski definition) is 7. The first-order valence-corrected chi connectivity index (χ1v) is 10.7. The zero-order valence-corrected chi connectivity index (χ0v) is 16.6. The second kappa shape index (κ2) is 7.18. The van der Waals surface area contributed by atoms with E-state index in [0.717, 1.165) is 19.3 Å². The molecule has 2 aliphatic rings. The number of benzene rings is 1. The third kappa shape index (κ3) is 3.14. The average molecular weight is 418 g/mol. The molecule has 1 aliphatic heterocycles. The highest BCUT2D eigenvalue weighted by Crippen LogP contribution is 2.38. The van der Waals surface area contributed by atoms with Crippen LogP contribution in [0, 0.1) is 0 Å². The number of nitrogens with zero attached hydrogens (tertiary/aromatic N) is 4. The van der Waals surface area contributed by atoms with Crippen LogP contribution in [-0.2, 0) is 12.8 Å². The lowest BCUT2D eigenvalue weighted by Gasteiger charge is -2.26. The SMILES string of the molecule is O[C@@H]1[C@H](O)CS[C@H]1n1cnc2c(NC3CCc4ccccc4C3)nc(Cl)nc21. The number of halogens is 1. The minimum atomic E-state index is -0.873. The molecule has 3 N–H and O–H groups in total. The van der Waals surface area contributed by atoms with E-state index in [1.807, 2.05) is 0 Å². The van der Waals surface area contributed by atoms with Crippen molar-refractivity contribution in [3.63, 3.8) is 0 Å². The Morgan fingerprint density at radius 2 is 2.00 bits per heavy atom. The minimum Gasteiger partial charge on any atom is -0.389 e. The van der Waals surface area contributed by atoms with Gasteiger partial charge in [-0.1, -0.05) is 24.3 Å². The number of fused-ring (bicyclic) bond motifs is 2. The van der Waals surface area contributed by atoms with Crippen LogP contribution in [0.4, 0.5) is 5.82 Å². The quantitative estimate of drug-likeness (QED) is 0.563. The standard InChI is InChI=1S/C19H20ClN5O2S/c20-19-23-16(22-12-6-5-10-3-1-2-4-11(10)7-12)14-17(24-19)25(9-21-14)18-15(27)13(26)8-28-18/h1-4,9,12-13,15,18,26-27H,5-8H2,(H,22,23,24)/t12?,13-,15-,18-/m1/s1. The molecule has 0 spiro atoms. The Morgan fingerprint density at radius 3 is 2.79 bits per heavy atom. The van der Waals surface area contributed by atoms with E-state index in [1.165, 1.54) is 22.9 Å². The lowest BCUT2D eigenvalue weighted by molar-refractivity contribution is 0.0313. The molecule has 28 heavy (non-hydrogen) atoms. The number of aryl methyl sites for hydroxylation is 1. The molecular formula is C19H20ClN5O2S. The second-order valence-electron chi connectivity index (χ2n) is 7.30. The summed E-state index contributed by atoms with van der Waals surface area (Å²) >= 11 is 7.67. The van der Waals surface area contributed by atoms with Gasteiger partial charge in [0.05, 0.1) is 12.4 Å². The van der Waals surface area contributed by atoms with Crippen LogP contribution >= 0.6 is 23.4 Å². The molecule has 5 rings (SSSR count). The summed E-state index contributed by atoms with van der Waals surface area (Å²) in [7, 11) is 0. The summed E-state index contributed by atoms with van der Waals surface area (Å²) in [5, 5.41) is 23.4. The molecule has 1 saturated heterocycles. The lowest BCUT2D eigenvalue weighted by Crippen LogP contribution is -2.28. The van der Waals surface area contributed by atoms with Crippen LogP contribution in [0.5, 0.6) is 0 Å². The summed E-state index contributed by atoms with van der Waals surface area (Å²) in [6.45, 7) is 0. The van der Waals surface area contributed by atoms with Gasteiger partial charge >= 0.3 is 0 Å². The van der Waals surface area contributed by atoms with Gasteiger partial charge in [0.25, 0.3) is 0 Å². The number of imidazole rings is 1. The molecule has 4 atom stereocenters. The van der Waals surface area contributed by atoms with Crippen molar-refractivity contribution in [3.05, 3.63) is 47.0 Å². The number of aromatic nitrogens is 4. The van der Waals surface area contributed by atoms with Gasteiger partial charge in [-0.05, 0) is 42.0 Å². The van der Waals surface area contributed by atoms with Gasteiger partial charge in [-0.2, -0.15) is 9.97 Å². The molecule has 9 heteroatoms. The normalized spacial score (nSPS) is 27.1. The number of anilines is 1. The molecule has 1 fully saturated rings. The summed E-state index contributed by atoms with van der Waals surface area (Å²) in [6.07, 6.45) is 2.95. The molecule has 1 aliphatic carbocycles. The van der Waals surface area contributed by atoms with Gasteiger partial charge in [0, 0.05) is 11.8 Å². The lowest BCUT2D eigenvalue weighted by atomic mass is 9.88. The van der Waals surface area contributed by atoms with Crippen LogP contribution in [0.1, 0.15) is 22.9 Å². The maximum Gasteiger partial charge on any atom is 0.226 e. The molecule has 1 unspecified atom stereocenters. The number of nitrogens with one attached hydrogen (secondary N) is 1. The summed E-state index contributed by atoms with van der Waals surface area (Å²) in [5.74, 6) is 1.08. The Hall–Kier alpha value is -1.87. The van der Waals surface area contributed by atoms with Gasteiger partial charge in [-0.25, -0.2) is 4.98 Å². The van der Waals surface area contributed by atoms with E-state index >= 15 is 0 Å². The van der Waals surface area contributed by atoms with Crippen molar-refractivity contribution in [1.82, 2.24) is 19.5 Å². The molecule has 146 valence electrons. The van der Waals surface area contributed by atoms with Crippen molar-refractivity contribution in [2.75, 3.05) is 11.1 Å². The zero-order valence-electron chi connectivity index (χ0n) is 15.0. The van der Waals surface area contributed by atoms with Crippen LogP contribution in [-0.4, -0.2) is 53.7 Å². The first kappa shape index (κ1) is 18.2. The first-order valence-electron chi connectivity index (χ1n) is 9.31. The smallest absolute Gasteiger partial charge is 0.226 e. The second-order valence-corrected chi connectivity index (χ2v) is 8.79. The van der Waals surface area contributed by atoms with Crippen LogP contribution < -0.4 is 5.32 Å². The monoisotopic (exact) mass is 417 g/mol. The molecular weight excluding hydrogens is 398 g/mol. The summed E-state index contributed by atoms with van der Waals surface area (Å²) < 4.78 is 1.77. The third-order valence-corrected chi connectivity index (χ3v) is 7.03. The van der Waals surface area contributed by atoms with Gasteiger partial charge in [-0.3, -0.25) is 4.57 Å². The Morgan fingerprint density at radius 1 is 1.18 bits per heavy atom. The maximum atomic E-state index is 10.3. The van der Waals surface area contributed by atoms with Crippen molar-refractivity contribution in [2.24, 2.45) is 0 Å². The fourth-order valence-corrected chi connectivity index (χ4v) is 5.47. The average Bonchev–Trinajstić information content (AvgIpc) is 3.25. The molecule has 1 aromatic carbocycles. The summed E-state index contributed by atoms with van der Waals surface area (Å²) in [4.78, 5) is 13.2. The maximum absolute atomic E-state index is 10.3. The van der Waals surface area contributed by atoms with E-state index in [1.54, 1.807) is 10.9 Å². The van der Waals surface area contributed by atoms with E-state index in [4.69, 9.17) is 11.6 Å². The van der Waals surface area contributed by atoms with Gasteiger partial charge in [-0.15, -0.1) is 11.8 Å². The molecule has 3 heterocycles. The fraction of sp³-hybridized carbons (Fsp3) is 0.421. The molecule has 0 amide bonds. The van der Waals surface area contributed by atoms with Crippen LogP contribution in [0.25, 0.3) is 11.2 Å². The predicted octanol–water partition coefficient (Wildman–Crippen LogP) is 2.42. The van der Waals surface area contributed by atoms with Gasteiger partial charge < -0.3 is 15.5 Å². The number of hydrogen-bond donors (Lipinski definition) is 3. The molecule has 7 nitrogen and oxygen atoms in total. The van der Waals surface area contributed by atoms with Crippen molar-refractivity contribution in [3.8, 4) is 0 Å². The van der Waals surface area contributed by atoms with Crippen LogP contribution in [0.2, 0.25) is 5.28 Å². The van der Waals surface area contributed by atoms with Crippen molar-refractivity contribution in [2.45, 2.75) is 42.9 Å². The molecule has 0 bridgehead atoms. The van der Waals surface area contributed by atoms with E-state index < -0.39 is 12.2 Å².